The number of para-hydroxylation sites is 1. The molecule has 0 fully saturated rings. The number of aryl methyl sites for hydroxylation is 1. The van der Waals surface area contributed by atoms with Gasteiger partial charge in [0.25, 0.3) is 0 Å². The SMILES string of the molecule is COc1ccccc1CNC(=O)CC(=O)Nc1ccc(C)cc1. The van der Waals surface area contributed by atoms with Gasteiger partial charge in [-0.05, 0) is 25.1 Å². The molecule has 0 aliphatic rings. The van der Waals surface area contributed by atoms with Crippen molar-refractivity contribution in [3.63, 3.8) is 0 Å². The fourth-order valence-electron chi connectivity index (χ4n) is 2.09. The van der Waals surface area contributed by atoms with Crippen LogP contribution < -0.4 is 15.4 Å². The minimum atomic E-state index is -0.341. The highest BCUT2D eigenvalue weighted by molar-refractivity contribution is 6.03. The molecule has 0 aliphatic heterocycles. The number of hydrogen-bond donors (Lipinski definition) is 2. The minimum Gasteiger partial charge on any atom is -0.496 e. The highest BCUT2D eigenvalue weighted by Crippen LogP contribution is 2.16. The van der Waals surface area contributed by atoms with Gasteiger partial charge in [0.05, 0.1) is 7.11 Å². The molecule has 5 heteroatoms. The lowest BCUT2D eigenvalue weighted by atomic mass is 10.2. The van der Waals surface area contributed by atoms with Gasteiger partial charge in [0.15, 0.2) is 0 Å². The van der Waals surface area contributed by atoms with Crippen molar-refractivity contribution in [3.05, 3.63) is 59.7 Å². The molecular formula is C18H20N2O3. The second kappa shape index (κ2) is 7.98. The molecular weight excluding hydrogens is 292 g/mol. The van der Waals surface area contributed by atoms with Gasteiger partial charge in [0.1, 0.15) is 12.2 Å². The zero-order valence-electron chi connectivity index (χ0n) is 13.3. The van der Waals surface area contributed by atoms with Gasteiger partial charge >= 0.3 is 0 Å². The van der Waals surface area contributed by atoms with E-state index in [9.17, 15) is 9.59 Å². The maximum Gasteiger partial charge on any atom is 0.233 e. The molecule has 2 amide bonds. The fourth-order valence-corrected chi connectivity index (χ4v) is 2.09. The van der Waals surface area contributed by atoms with Crippen molar-refractivity contribution in [2.45, 2.75) is 19.9 Å². The lowest BCUT2D eigenvalue weighted by Gasteiger charge is -2.10. The predicted molar refractivity (Wildman–Crippen MR) is 89.3 cm³/mol. The third kappa shape index (κ3) is 5.14. The first-order valence-electron chi connectivity index (χ1n) is 7.33. The summed E-state index contributed by atoms with van der Waals surface area (Å²) in [4.78, 5) is 23.7. The Labute approximate surface area is 135 Å². The van der Waals surface area contributed by atoms with Crippen LogP contribution in [0.5, 0.6) is 5.75 Å². The summed E-state index contributed by atoms with van der Waals surface area (Å²) in [5.74, 6) is 0.0313. The van der Waals surface area contributed by atoms with Crippen molar-refractivity contribution < 1.29 is 14.3 Å². The predicted octanol–water partition coefficient (Wildman–Crippen LogP) is 2.65. The molecule has 0 saturated heterocycles. The molecule has 0 unspecified atom stereocenters. The van der Waals surface area contributed by atoms with Gasteiger partial charge < -0.3 is 15.4 Å². The van der Waals surface area contributed by atoms with E-state index in [4.69, 9.17) is 4.74 Å². The lowest BCUT2D eigenvalue weighted by Crippen LogP contribution is -2.27. The molecule has 0 aromatic heterocycles. The van der Waals surface area contributed by atoms with Gasteiger partial charge in [-0.25, -0.2) is 0 Å². The van der Waals surface area contributed by atoms with E-state index in [1.807, 2.05) is 43.3 Å². The van der Waals surface area contributed by atoms with Crippen molar-refractivity contribution in [3.8, 4) is 5.75 Å². The van der Waals surface area contributed by atoms with Crippen LogP contribution in [0.4, 0.5) is 5.69 Å². The first-order valence-corrected chi connectivity index (χ1v) is 7.33. The van der Waals surface area contributed by atoms with Crippen LogP contribution in [-0.2, 0) is 16.1 Å². The number of methoxy groups -OCH3 is 1. The third-order valence-corrected chi connectivity index (χ3v) is 3.32. The van der Waals surface area contributed by atoms with Crippen molar-refractivity contribution in [1.82, 2.24) is 5.32 Å². The van der Waals surface area contributed by atoms with E-state index in [-0.39, 0.29) is 18.2 Å². The maximum absolute atomic E-state index is 11.9. The number of nitrogens with one attached hydrogen (secondary N) is 2. The Kier molecular flexibility index (Phi) is 5.74. The van der Waals surface area contributed by atoms with E-state index in [0.717, 1.165) is 11.1 Å². The Morgan fingerprint density at radius 2 is 1.70 bits per heavy atom. The largest absolute Gasteiger partial charge is 0.496 e. The topological polar surface area (TPSA) is 67.4 Å². The maximum atomic E-state index is 11.9. The number of carbonyl (C=O) groups is 2. The number of carbonyl (C=O) groups excluding carboxylic acids is 2. The lowest BCUT2D eigenvalue weighted by molar-refractivity contribution is -0.126. The monoisotopic (exact) mass is 312 g/mol. The number of rotatable bonds is 6. The molecule has 120 valence electrons. The number of benzene rings is 2. The standard InChI is InChI=1S/C18H20N2O3/c1-13-7-9-15(10-8-13)20-18(22)11-17(21)19-12-14-5-3-4-6-16(14)23-2/h3-10H,11-12H2,1-2H3,(H,19,21)(H,20,22). The molecule has 0 radical (unpaired) electrons. The van der Waals surface area contributed by atoms with Gasteiger partial charge in [-0.15, -0.1) is 0 Å². The van der Waals surface area contributed by atoms with Gasteiger partial charge in [-0.2, -0.15) is 0 Å². The summed E-state index contributed by atoms with van der Waals surface area (Å²) in [5, 5.41) is 5.42. The number of amides is 2. The molecule has 5 nitrogen and oxygen atoms in total. The van der Waals surface area contributed by atoms with E-state index in [1.165, 1.54) is 0 Å². The van der Waals surface area contributed by atoms with Crippen LogP contribution in [0.3, 0.4) is 0 Å². The molecule has 0 atom stereocenters. The van der Waals surface area contributed by atoms with E-state index in [1.54, 1.807) is 19.2 Å². The third-order valence-electron chi connectivity index (χ3n) is 3.32. The second-order valence-electron chi connectivity index (χ2n) is 5.18. The summed E-state index contributed by atoms with van der Waals surface area (Å²) < 4.78 is 5.22. The van der Waals surface area contributed by atoms with Gasteiger partial charge in [-0.1, -0.05) is 35.9 Å². The van der Waals surface area contributed by atoms with Crippen LogP contribution in [0.15, 0.2) is 48.5 Å². The molecule has 0 spiro atoms. The van der Waals surface area contributed by atoms with Crippen molar-refractivity contribution in [2.75, 3.05) is 12.4 Å². The van der Waals surface area contributed by atoms with E-state index in [2.05, 4.69) is 10.6 Å². The molecule has 23 heavy (non-hydrogen) atoms. The normalized spacial score (nSPS) is 10.0. The molecule has 2 aromatic rings. The highest BCUT2D eigenvalue weighted by Gasteiger charge is 2.10. The van der Waals surface area contributed by atoms with Gasteiger partial charge in [-0.3, -0.25) is 9.59 Å². The van der Waals surface area contributed by atoms with Crippen molar-refractivity contribution in [1.29, 1.82) is 0 Å². The number of ether oxygens (including phenoxy) is 1. The summed E-state index contributed by atoms with van der Waals surface area (Å²) in [6.07, 6.45) is -0.219. The van der Waals surface area contributed by atoms with Crippen LogP contribution in [0, 0.1) is 6.92 Å². The highest BCUT2D eigenvalue weighted by atomic mass is 16.5. The zero-order chi connectivity index (χ0) is 16.7. The van der Waals surface area contributed by atoms with E-state index < -0.39 is 0 Å². The Hall–Kier alpha value is -2.82. The summed E-state index contributed by atoms with van der Waals surface area (Å²) in [5.41, 5.74) is 2.65. The van der Waals surface area contributed by atoms with Gasteiger partial charge in [0.2, 0.25) is 11.8 Å². The molecule has 2 N–H and O–H groups in total. The Morgan fingerprint density at radius 1 is 1.00 bits per heavy atom. The van der Waals surface area contributed by atoms with Crippen molar-refractivity contribution in [2.24, 2.45) is 0 Å². The average Bonchev–Trinajstić information content (AvgIpc) is 2.55. The average molecular weight is 312 g/mol. The van der Waals surface area contributed by atoms with Crippen LogP contribution in [0.1, 0.15) is 17.5 Å². The Morgan fingerprint density at radius 3 is 2.39 bits per heavy atom. The molecule has 0 aliphatic carbocycles. The molecule has 0 saturated carbocycles. The van der Waals surface area contributed by atoms with E-state index >= 15 is 0 Å². The molecule has 2 rings (SSSR count). The summed E-state index contributed by atoms with van der Waals surface area (Å²) in [7, 11) is 1.58. The number of anilines is 1. The minimum absolute atomic E-state index is 0.219. The van der Waals surface area contributed by atoms with Crippen LogP contribution in [-0.4, -0.2) is 18.9 Å². The summed E-state index contributed by atoms with van der Waals surface area (Å²) in [6.45, 7) is 2.29. The van der Waals surface area contributed by atoms with Crippen molar-refractivity contribution >= 4 is 17.5 Å². The summed E-state index contributed by atoms with van der Waals surface area (Å²) >= 11 is 0. The quantitative estimate of drug-likeness (QED) is 0.806. The van der Waals surface area contributed by atoms with E-state index in [0.29, 0.717) is 18.0 Å². The smallest absolute Gasteiger partial charge is 0.233 e. The summed E-state index contributed by atoms with van der Waals surface area (Å²) in [6, 6.07) is 14.8. The Bertz CT molecular complexity index is 681. The molecule has 0 bridgehead atoms. The van der Waals surface area contributed by atoms with Crippen LogP contribution >= 0.6 is 0 Å². The zero-order valence-corrected chi connectivity index (χ0v) is 13.3. The second-order valence-corrected chi connectivity index (χ2v) is 5.18. The first kappa shape index (κ1) is 16.5. The molecule has 2 aromatic carbocycles. The Balaban J connectivity index is 1.82. The molecule has 0 heterocycles. The van der Waals surface area contributed by atoms with Crippen LogP contribution in [0.25, 0.3) is 0 Å². The van der Waals surface area contributed by atoms with Gasteiger partial charge in [0, 0.05) is 17.8 Å². The fraction of sp³-hybridized carbons (Fsp3) is 0.222. The first-order chi connectivity index (χ1) is 11.1. The van der Waals surface area contributed by atoms with Crippen LogP contribution in [0.2, 0.25) is 0 Å². The number of hydrogen-bond acceptors (Lipinski definition) is 3.